The number of nitrogens with zero attached hydrogens (tertiary/aromatic N) is 4. The number of aromatic nitrogens is 4. The zero-order valence-corrected chi connectivity index (χ0v) is 14.9. The summed E-state index contributed by atoms with van der Waals surface area (Å²) in [6.45, 7) is 2.03. The van der Waals surface area contributed by atoms with Crippen molar-refractivity contribution in [1.29, 1.82) is 0 Å². The molecule has 7 nitrogen and oxygen atoms in total. The van der Waals surface area contributed by atoms with Gasteiger partial charge in [0.25, 0.3) is 5.91 Å². The van der Waals surface area contributed by atoms with Crippen molar-refractivity contribution in [1.82, 2.24) is 19.8 Å². The van der Waals surface area contributed by atoms with E-state index in [1.807, 2.05) is 31.2 Å². The molecule has 0 spiro atoms. The van der Waals surface area contributed by atoms with Crippen molar-refractivity contribution in [3.05, 3.63) is 59.7 Å². The van der Waals surface area contributed by atoms with E-state index in [1.165, 1.54) is 16.9 Å². The van der Waals surface area contributed by atoms with Crippen LogP contribution >= 0.6 is 11.3 Å². The van der Waals surface area contributed by atoms with Crippen LogP contribution in [0.1, 0.15) is 15.9 Å². The van der Waals surface area contributed by atoms with Crippen LogP contribution in [0.25, 0.3) is 16.3 Å². The number of anilines is 1. The number of carbonyl (C=O) groups excluding carboxylic acids is 1. The monoisotopic (exact) mass is 365 g/mol. The Morgan fingerprint density at radius 3 is 2.73 bits per heavy atom. The Labute approximate surface area is 153 Å². The summed E-state index contributed by atoms with van der Waals surface area (Å²) in [7, 11) is 1.56. The maximum Gasteiger partial charge on any atom is 0.257 e. The van der Waals surface area contributed by atoms with Crippen molar-refractivity contribution >= 4 is 27.3 Å². The summed E-state index contributed by atoms with van der Waals surface area (Å²) in [5, 5.41) is 16.0. The van der Waals surface area contributed by atoms with E-state index in [2.05, 4.69) is 20.6 Å². The van der Waals surface area contributed by atoms with Gasteiger partial charge in [0.05, 0.1) is 7.11 Å². The highest BCUT2D eigenvalue weighted by Gasteiger charge is 2.15. The van der Waals surface area contributed by atoms with Crippen LogP contribution in [-0.4, -0.2) is 32.8 Å². The second-order valence-corrected chi connectivity index (χ2v) is 6.63. The number of hydrogen-bond acceptors (Lipinski definition) is 6. The molecule has 4 aromatic rings. The minimum atomic E-state index is -0.259. The van der Waals surface area contributed by atoms with Gasteiger partial charge in [-0.05, 0) is 25.1 Å². The molecule has 8 heteroatoms. The van der Waals surface area contributed by atoms with Crippen molar-refractivity contribution in [2.45, 2.75) is 6.92 Å². The lowest BCUT2D eigenvalue weighted by Gasteiger charge is -2.03. The van der Waals surface area contributed by atoms with Crippen LogP contribution in [0.15, 0.2) is 48.5 Å². The van der Waals surface area contributed by atoms with Gasteiger partial charge in [-0.2, -0.15) is 4.52 Å². The van der Waals surface area contributed by atoms with E-state index in [9.17, 15) is 4.79 Å². The normalized spacial score (nSPS) is 10.8. The van der Waals surface area contributed by atoms with Crippen molar-refractivity contribution in [3.63, 3.8) is 0 Å². The molecule has 0 aliphatic carbocycles. The lowest BCUT2D eigenvalue weighted by molar-refractivity contribution is 0.102. The predicted octanol–water partition coefficient (Wildman–Crippen LogP) is 3.42. The van der Waals surface area contributed by atoms with Gasteiger partial charge in [0.2, 0.25) is 10.1 Å². The van der Waals surface area contributed by atoms with E-state index in [0.29, 0.717) is 27.2 Å². The summed E-state index contributed by atoms with van der Waals surface area (Å²) in [4.78, 5) is 13.0. The van der Waals surface area contributed by atoms with Gasteiger partial charge in [-0.25, -0.2) is 0 Å². The van der Waals surface area contributed by atoms with E-state index in [1.54, 1.807) is 35.9 Å². The third kappa shape index (κ3) is 3.02. The highest BCUT2D eigenvalue weighted by Crippen LogP contribution is 2.25. The number of ether oxygens (including phenoxy) is 1. The van der Waals surface area contributed by atoms with E-state index in [-0.39, 0.29) is 5.91 Å². The molecular formula is C18H15N5O2S. The number of aryl methyl sites for hydroxylation is 1. The molecule has 0 aliphatic heterocycles. The fraction of sp³-hybridized carbons (Fsp3) is 0.111. The van der Waals surface area contributed by atoms with Crippen LogP contribution in [-0.2, 0) is 0 Å². The number of amides is 1. The smallest absolute Gasteiger partial charge is 0.257 e. The number of hydrogen-bond donors (Lipinski definition) is 1. The Balaban J connectivity index is 1.62. The highest BCUT2D eigenvalue weighted by molar-refractivity contribution is 7.20. The molecule has 0 saturated carbocycles. The predicted molar refractivity (Wildman–Crippen MR) is 99.8 cm³/mol. The maximum atomic E-state index is 12.4. The van der Waals surface area contributed by atoms with Crippen LogP contribution in [0.3, 0.4) is 0 Å². The molecule has 0 radical (unpaired) electrons. The van der Waals surface area contributed by atoms with Crippen molar-refractivity contribution in [2.75, 3.05) is 12.4 Å². The number of rotatable bonds is 4. The molecule has 26 heavy (non-hydrogen) atoms. The minimum absolute atomic E-state index is 0.259. The quantitative estimate of drug-likeness (QED) is 0.599. The van der Waals surface area contributed by atoms with Gasteiger partial charge >= 0.3 is 0 Å². The zero-order chi connectivity index (χ0) is 18.1. The summed E-state index contributed by atoms with van der Waals surface area (Å²) >= 11 is 1.26. The van der Waals surface area contributed by atoms with Crippen LogP contribution in [0.4, 0.5) is 5.13 Å². The van der Waals surface area contributed by atoms with E-state index < -0.39 is 0 Å². The number of nitrogens with one attached hydrogen (secondary N) is 1. The fourth-order valence-corrected chi connectivity index (χ4v) is 3.22. The Kier molecular flexibility index (Phi) is 4.10. The van der Waals surface area contributed by atoms with Crippen molar-refractivity contribution in [2.24, 2.45) is 0 Å². The molecule has 0 atom stereocenters. The molecule has 0 saturated heterocycles. The van der Waals surface area contributed by atoms with Gasteiger partial charge in [-0.3, -0.25) is 10.1 Å². The summed E-state index contributed by atoms with van der Waals surface area (Å²) in [6, 6.07) is 14.9. The fourth-order valence-electron chi connectivity index (χ4n) is 2.48. The first-order valence-corrected chi connectivity index (χ1v) is 8.70. The Hall–Kier alpha value is -3.26. The van der Waals surface area contributed by atoms with Gasteiger partial charge in [-0.15, -0.1) is 15.3 Å². The lowest BCUT2D eigenvalue weighted by atomic mass is 10.1. The van der Waals surface area contributed by atoms with Crippen molar-refractivity contribution < 1.29 is 9.53 Å². The number of methoxy groups -OCH3 is 1. The second kappa shape index (κ2) is 6.57. The molecule has 1 amide bonds. The summed E-state index contributed by atoms with van der Waals surface area (Å²) in [6.07, 6.45) is 0. The standard InChI is InChI=1S/C18H15N5O2S/c1-11-6-8-12(9-7-11)15-20-21-18-23(15)22-17(26-18)19-16(24)13-4-3-5-14(10-13)25-2/h3-10H,1-2H3,(H,19,22,24). The first kappa shape index (κ1) is 16.2. The molecular weight excluding hydrogens is 350 g/mol. The Morgan fingerprint density at radius 1 is 1.15 bits per heavy atom. The molecule has 2 aromatic carbocycles. The molecule has 0 unspecified atom stereocenters. The summed E-state index contributed by atoms with van der Waals surface area (Å²) < 4.78 is 6.78. The number of carbonyl (C=O) groups is 1. The van der Waals surface area contributed by atoms with Crippen LogP contribution < -0.4 is 10.1 Å². The number of benzene rings is 2. The average molecular weight is 365 g/mol. The molecule has 0 fully saturated rings. The van der Waals surface area contributed by atoms with Gasteiger partial charge in [-0.1, -0.05) is 47.2 Å². The maximum absolute atomic E-state index is 12.4. The topological polar surface area (TPSA) is 81.4 Å². The molecule has 2 heterocycles. The third-order valence-corrected chi connectivity index (χ3v) is 4.67. The Morgan fingerprint density at radius 2 is 1.96 bits per heavy atom. The first-order valence-electron chi connectivity index (χ1n) is 7.89. The lowest BCUT2D eigenvalue weighted by Crippen LogP contribution is -2.12. The van der Waals surface area contributed by atoms with Gasteiger partial charge < -0.3 is 4.74 Å². The molecule has 130 valence electrons. The van der Waals surface area contributed by atoms with E-state index in [0.717, 1.165) is 5.56 Å². The summed E-state index contributed by atoms with van der Waals surface area (Å²) in [5.41, 5.74) is 2.58. The average Bonchev–Trinajstić information content (AvgIpc) is 3.22. The highest BCUT2D eigenvalue weighted by atomic mass is 32.1. The largest absolute Gasteiger partial charge is 0.497 e. The molecule has 0 aliphatic rings. The first-order chi connectivity index (χ1) is 12.6. The van der Waals surface area contributed by atoms with Gasteiger partial charge in [0.15, 0.2) is 5.82 Å². The molecule has 2 aromatic heterocycles. The molecule has 0 bridgehead atoms. The third-order valence-electron chi connectivity index (χ3n) is 3.85. The van der Waals surface area contributed by atoms with Gasteiger partial charge in [0, 0.05) is 11.1 Å². The van der Waals surface area contributed by atoms with Crippen molar-refractivity contribution in [3.8, 4) is 17.1 Å². The second-order valence-electron chi connectivity index (χ2n) is 5.68. The van der Waals surface area contributed by atoms with Crippen LogP contribution in [0.5, 0.6) is 5.75 Å². The SMILES string of the molecule is COc1cccc(C(=O)Nc2nn3c(-c4ccc(C)cc4)nnc3s2)c1. The van der Waals surface area contributed by atoms with Crippen LogP contribution in [0.2, 0.25) is 0 Å². The minimum Gasteiger partial charge on any atom is -0.497 e. The van der Waals surface area contributed by atoms with E-state index >= 15 is 0 Å². The molecule has 4 rings (SSSR count). The van der Waals surface area contributed by atoms with E-state index in [4.69, 9.17) is 4.74 Å². The van der Waals surface area contributed by atoms with Gasteiger partial charge in [0.1, 0.15) is 5.75 Å². The summed E-state index contributed by atoms with van der Waals surface area (Å²) in [5.74, 6) is 1.00. The van der Waals surface area contributed by atoms with Crippen LogP contribution in [0, 0.1) is 6.92 Å². The Bertz CT molecular complexity index is 1080. The number of fused-ring (bicyclic) bond motifs is 1. The molecule has 1 N–H and O–H groups in total. The zero-order valence-electron chi connectivity index (χ0n) is 14.1.